The second kappa shape index (κ2) is 6.62. The molecule has 0 radical (unpaired) electrons. The third-order valence-electron chi connectivity index (χ3n) is 2.36. The number of thioether (sulfide) groups is 2. The Morgan fingerprint density at radius 3 is 3.05 bits per heavy atom. The summed E-state index contributed by atoms with van der Waals surface area (Å²) in [5, 5.41) is 9.48. The molecule has 0 aliphatic rings. The zero-order valence-corrected chi connectivity index (χ0v) is 13.4. The van der Waals surface area contributed by atoms with E-state index in [4.69, 9.17) is 5.11 Å². The van der Waals surface area contributed by atoms with E-state index in [1.807, 2.05) is 16.9 Å². The number of aromatic nitrogens is 3. The molecule has 2 heterocycles. The number of carboxylic acids is 1. The average Bonchev–Trinajstić information content (AvgIpc) is 2.70. The number of pyridine rings is 1. The van der Waals surface area contributed by atoms with Crippen molar-refractivity contribution in [1.82, 2.24) is 14.5 Å². The van der Waals surface area contributed by atoms with Crippen LogP contribution in [0.1, 0.15) is 0 Å². The molecular formula is C11H12BrN3O2S2. The number of aliphatic carboxylic acids is 1. The van der Waals surface area contributed by atoms with E-state index < -0.39 is 5.97 Å². The molecule has 0 amide bonds. The van der Waals surface area contributed by atoms with Crippen molar-refractivity contribution in [3.8, 4) is 0 Å². The molecule has 102 valence electrons. The Labute approximate surface area is 127 Å². The first-order valence-electron chi connectivity index (χ1n) is 5.47. The largest absolute Gasteiger partial charge is 0.481 e. The summed E-state index contributed by atoms with van der Waals surface area (Å²) < 4.78 is 2.84. The summed E-state index contributed by atoms with van der Waals surface area (Å²) in [4.78, 5) is 19.5. The molecule has 0 atom stereocenters. The highest BCUT2D eigenvalue weighted by atomic mass is 79.9. The normalized spacial score (nSPS) is 11.1. The van der Waals surface area contributed by atoms with Gasteiger partial charge in [-0.2, -0.15) is 11.8 Å². The van der Waals surface area contributed by atoms with Gasteiger partial charge in [-0.3, -0.25) is 4.79 Å². The third-order valence-corrected chi connectivity index (χ3v) is 4.35. The van der Waals surface area contributed by atoms with Gasteiger partial charge in [-0.1, -0.05) is 11.8 Å². The lowest BCUT2D eigenvalue weighted by molar-refractivity contribution is -0.133. The van der Waals surface area contributed by atoms with Gasteiger partial charge in [-0.25, -0.2) is 9.97 Å². The number of hydrogen-bond donors (Lipinski definition) is 1. The second-order valence-electron chi connectivity index (χ2n) is 3.72. The number of fused-ring (bicyclic) bond motifs is 1. The SMILES string of the molecule is CSCCn1c(SCC(=O)O)nc2cc(Br)cnc21. The molecule has 0 aromatic carbocycles. The minimum absolute atomic E-state index is 0.00373. The summed E-state index contributed by atoms with van der Waals surface area (Å²) in [5.74, 6) is 0.0933. The Bertz CT molecular complexity index is 603. The molecular weight excluding hydrogens is 350 g/mol. The van der Waals surface area contributed by atoms with Crippen molar-refractivity contribution in [3.05, 3.63) is 16.7 Å². The molecule has 2 aromatic heterocycles. The molecule has 8 heteroatoms. The fraction of sp³-hybridized carbons (Fsp3) is 0.364. The quantitative estimate of drug-likeness (QED) is 0.797. The van der Waals surface area contributed by atoms with Crippen LogP contribution in [0.4, 0.5) is 0 Å². The Morgan fingerprint density at radius 2 is 2.37 bits per heavy atom. The Balaban J connectivity index is 2.38. The molecule has 2 aromatic rings. The van der Waals surface area contributed by atoms with Crippen LogP contribution < -0.4 is 0 Å². The maximum absolute atomic E-state index is 10.7. The first kappa shape index (κ1) is 14.7. The lowest BCUT2D eigenvalue weighted by Gasteiger charge is -2.06. The predicted octanol–water partition coefficient (Wildman–Crippen LogP) is 2.73. The molecule has 0 saturated heterocycles. The summed E-state index contributed by atoms with van der Waals surface area (Å²) in [6, 6.07) is 1.89. The molecule has 0 aliphatic heterocycles. The van der Waals surface area contributed by atoms with Gasteiger partial charge in [0, 0.05) is 23.0 Å². The standard InChI is InChI=1S/C11H12BrN3O2S2/c1-18-3-2-15-10-8(4-7(12)5-13-10)14-11(15)19-6-9(16)17/h4-5H,2-3,6H2,1H3,(H,16,17). The fourth-order valence-corrected chi connectivity index (χ4v) is 3.02. The van der Waals surface area contributed by atoms with Crippen molar-refractivity contribution in [2.45, 2.75) is 11.7 Å². The molecule has 5 nitrogen and oxygen atoms in total. The summed E-state index contributed by atoms with van der Waals surface area (Å²) in [6.07, 6.45) is 3.76. The zero-order valence-electron chi connectivity index (χ0n) is 10.2. The van der Waals surface area contributed by atoms with Gasteiger partial charge in [-0.05, 0) is 28.3 Å². The van der Waals surface area contributed by atoms with Gasteiger partial charge in [0.2, 0.25) is 0 Å². The number of nitrogens with zero attached hydrogens (tertiary/aromatic N) is 3. The van der Waals surface area contributed by atoms with E-state index in [-0.39, 0.29) is 5.75 Å². The lowest BCUT2D eigenvalue weighted by Crippen LogP contribution is -2.05. The summed E-state index contributed by atoms with van der Waals surface area (Å²) >= 11 is 6.32. The molecule has 19 heavy (non-hydrogen) atoms. The number of carbonyl (C=O) groups is 1. The van der Waals surface area contributed by atoms with E-state index in [1.54, 1.807) is 18.0 Å². The predicted molar refractivity (Wildman–Crippen MR) is 82.0 cm³/mol. The monoisotopic (exact) mass is 361 g/mol. The molecule has 0 fully saturated rings. The molecule has 0 spiro atoms. The Kier molecular flexibility index (Phi) is 5.12. The van der Waals surface area contributed by atoms with Gasteiger partial charge in [0.05, 0.1) is 5.75 Å². The van der Waals surface area contributed by atoms with E-state index in [9.17, 15) is 4.79 Å². The van der Waals surface area contributed by atoms with Gasteiger partial charge in [0.25, 0.3) is 0 Å². The van der Waals surface area contributed by atoms with Crippen LogP contribution in [0.3, 0.4) is 0 Å². The highest BCUT2D eigenvalue weighted by molar-refractivity contribution is 9.10. The maximum atomic E-state index is 10.7. The van der Waals surface area contributed by atoms with Crippen LogP contribution in [0, 0.1) is 0 Å². The number of carboxylic acid groups (broad SMARTS) is 1. The summed E-state index contributed by atoms with van der Waals surface area (Å²) in [6.45, 7) is 0.772. The van der Waals surface area contributed by atoms with Crippen LogP contribution in [0.2, 0.25) is 0 Å². The van der Waals surface area contributed by atoms with Crippen molar-refractivity contribution < 1.29 is 9.90 Å². The lowest BCUT2D eigenvalue weighted by atomic mass is 10.4. The van der Waals surface area contributed by atoms with Crippen LogP contribution in [0.5, 0.6) is 0 Å². The minimum atomic E-state index is -0.845. The van der Waals surface area contributed by atoms with Gasteiger partial charge < -0.3 is 9.67 Å². The fourth-order valence-electron chi connectivity index (χ4n) is 1.59. The van der Waals surface area contributed by atoms with E-state index in [0.29, 0.717) is 5.16 Å². The number of imidazole rings is 1. The van der Waals surface area contributed by atoms with E-state index in [1.165, 1.54) is 11.8 Å². The molecule has 0 saturated carbocycles. The number of halogens is 1. The van der Waals surface area contributed by atoms with Gasteiger partial charge >= 0.3 is 5.97 Å². The van der Waals surface area contributed by atoms with Gasteiger partial charge in [0.15, 0.2) is 10.8 Å². The topological polar surface area (TPSA) is 68.0 Å². The molecule has 0 unspecified atom stereocenters. The van der Waals surface area contributed by atoms with Crippen molar-refractivity contribution in [1.29, 1.82) is 0 Å². The van der Waals surface area contributed by atoms with Crippen LogP contribution >= 0.6 is 39.5 Å². The van der Waals surface area contributed by atoms with E-state index in [0.717, 1.165) is 27.9 Å². The minimum Gasteiger partial charge on any atom is -0.481 e. The highest BCUT2D eigenvalue weighted by Gasteiger charge is 2.13. The molecule has 0 aliphatic carbocycles. The first-order valence-corrected chi connectivity index (χ1v) is 8.64. The number of aryl methyl sites for hydroxylation is 1. The van der Waals surface area contributed by atoms with Crippen LogP contribution in [0.15, 0.2) is 21.9 Å². The number of rotatable bonds is 6. The molecule has 1 N–H and O–H groups in total. The summed E-state index contributed by atoms with van der Waals surface area (Å²) in [5.41, 5.74) is 1.58. The van der Waals surface area contributed by atoms with Crippen LogP contribution in [0.25, 0.3) is 11.2 Å². The van der Waals surface area contributed by atoms with Crippen molar-refractivity contribution in [3.63, 3.8) is 0 Å². The average molecular weight is 362 g/mol. The maximum Gasteiger partial charge on any atom is 0.313 e. The van der Waals surface area contributed by atoms with Crippen molar-refractivity contribution in [2.24, 2.45) is 0 Å². The smallest absolute Gasteiger partial charge is 0.313 e. The molecule has 2 rings (SSSR count). The van der Waals surface area contributed by atoms with Crippen LogP contribution in [-0.4, -0.2) is 43.4 Å². The first-order chi connectivity index (χ1) is 9.11. The number of hydrogen-bond acceptors (Lipinski definition) is 5. The zero-order chi connectivity index (χ0) is 13.8. The van der Waals surface area contributed by atoms with Crippen LogP contribution in [-0.2, 0) is 11.3 Å². The molecule has 0 bridgehead atoms. The van der Waals surface area contributed by atoms with Gasteiger partial charge in [0.1, 0.15) is 5.52 Å². The Hall–Kier alpha value is -0.730. The summed E-state index contributed by atoms with van der Waals surface area (Å²) in [7, 11) is 0. The highest BCUT2D eigenvalue weighted by Crippen LogP contribution is 2.25. The van der Waals surface area contributed by atoms with E-state index >= 15 is 0 Å². The van der Waals surface area contributed by atoms with Crippen molar-refractivity contribution >= 4 is 56.6 Å². The second-order valence-corrected chi connectivity index (χ2v) is 6.56. The Morgan fingerprint density at radius 1 is 1.58 bits per heavy atom. The van der Waals surface area contributed by atoms with Crippen molar-refractivity contribution in [2.75, 3.05) is 17.8 Å². The van der Waals surface area contributed by atoms with E-state index in [2.05, 4.69) is 25.9 Å². The van der Waals surface area contributed by atoms with Gasteiger partial charge in [-0.15, -0.1) is 0 Å². The third kappa shape index (κ3) is 3.64.